The van der Waals surface area contributed by atoms with Crippen LogP contribution in [0.25, 0.3) is 16.5 Å². The van der Waals surface area contributed by atoms with Gasteiger partial charge in [0.2, 0.25) is 0 Å². The van der Waals surface area contributed by atoms with E-state index in [2.05, 4.69) is 5.10 Å². The lowest BCUT2D eigenvalue weighted by molar-refractivity contribution is -0.137. The van der Waals surface area contributed by atoms with Crippen LogP contribution in [0.5, 0.6) is 0 Å². The SMILES string of the molecule is O=c1c2ccccc2cnn1-c1ccccc1C(F)(F)F. The van der Waals surface area contributed by atoms with Gasteiger partial charge in [-0.2, -0.15) is 23.0 Å². The van der Waals surface area contributed by atoms with E-state index in [9.17, 15) is 18.0 Å². The Bertz CT molecular complexity index is 868. The molecule has 6 heteroatoms. The van der Waals surface area contributed by atoms with Crippen molar-refractivity contribution in [1.29, 1.82) is 0 Å². The number of nitrogens with zero attached hydrogens (tertiary/aromatic N) is 2. The van der Waals surface area contributed by atoms with E-state index in [0.29, 0.717) is 10.8 Å². The number of halogens is 3. The number of hydrogen-bond donors (Lipinski definition) is 0. The first-order valence-corrected chi connectivity index (χ1v) is 6.12. The minimum absolute atomic E-state index is 0.277. The van der Waals surface area contributed by atoms with Crippen molar-refractivity contribution < 1.29 is 13.2 Å². The van der Waals surface area contributed by atoms with Crippen LogP contribution in [0.15, 0.2) is 59.5 Å². The molecule has 0 saturated carbocycles. The summed E-state index contributed by atoms with van der Waals surface area (Å²) in [6.45, 7) is 0. The van der Waals surface area contributed by atoms with E-state index in [-0.39, 0.29) is 5.69 Å². The van der Waals surface area contributed by atoms with Crippen LogP contribution in [0, 0.1) is 0 Å². The smallest absolute Gasteiger partial charge is 0.267 e. The molecule has 0 saturated heterocycles. The van der Waals surface area contributed by atoms with E-state index in [1.807, 2.05) is 0 Å². The lowest BCUT2D eigenvalue weighted by Gasteiger charge is -2.13. The molecule has 1 aromatic heterocycles. The van der Waals surface area contributed by atoms with Gasteiger partial charge in [-0.1, -0.05) is 30.3 Å². The van der Waals surface area contributed by atoms with Crippen LogP contribution in [-0.2, 0) is 6.18 Å². The van der Waals surface area contributed by atoms with Gasteiger partial charge in [0.05, 0.1) is 22.8 Å². The van der Waals surface area contributed by atoms with Gasteiger partial charge in [0, 0.05) is 5.39 Å². The Morgan fingerprint density at radius 3 is 2.38 bits per heavy atom. The number of benzene rings is 2. The van der Waals surface area contributed by atoms with Crippen LogP contribution in [-0.4, -0.2) is 9.78 Å². The highest BCUT2D eigenvalue weighted by atomic mass is 19.4. The van der Waals surface area contributed by atoms with Gasteiger partial charge in [-0.05, 0) is 18.2 Å². The number of hydrogen-bond acceptors (Lipinski definition) is 2. The molecule has 0 N–H and O–H groups in total. The topological polar surface area (TPSA) is 34.9 Å². The fraction of sp³-hybridized carbons (Fsp3) is 0.0667. The van der Waals surface area contributed by atoms with Crippen LogP contribution in [0.3, 0.4) is 0 Å². The highest BCUT2D eigenvalue weighted by Crippen LogP contribution is 2.33. The Balaban J connectivity index is 2.32. The summed E-state index contributed by atoms with van der Waals surface area (Å²) in [7, 11) is 0. The van der Waals surface area contributed by atoms with Crippen molar-refractivity contribution in [1.82, 2.24) is 9.78 Å². The molecule has 1 heterocycles. The molecule has 3 rings (SSSR count). The van der Waals surface area contributed by atoms with Gasteiger partial charge >= 0.3 is 6.18 Å². The maximum absolute atomic E-state index is 13.0. The van der Waals surface area contributed by atoms with E-state index in [4.69, 9.17) is 0 Å². The quantitative estimate of drug-likeness (QED) is 0.688. The zero-order valence-corrected chi connectivity index (χ0v) is 10.6. The molecular weight excluding hydrogens is 281 g/mol. The zero-order chi connectivity index (χ0) is 15.0. The third kappa shape index (κ3) is 2.29. The third-order valence-corrected chi connectivity index (χ3v) is 3.13. The standard InChI is InChI=1S/C15H9F3N2O/c16-15(17,18)12-7-3-4-8-13(12)20-14(21)11-6-2-1-5-10(11)9-19-20/h1-9H. The molecule has 0 aliphatic rings. The number of aromatic nitrogens is 2. The van der Waals surface area contributed by atoms with E-state index in [1.165, 1.54) is 24.4 Å². The summed E-state index contributed by atoms with van der Waals surface area (Å²) >= 11 is 0. The Morgan fingerprint density at radius 2 is 1.62 bits per heavy atom. The lowest BCUT2D eigenvalue weighted by atomic mass is 10.1. The van der Waals surface area contributed by atoms with E-state index in [0.717, 1.165) is 10.7 Å². The maximum atomic E-state index is 13.0. The molecule has 3 nitrogen and oxygen atoms in total. The van der Waals surface area contributed by atoms with Gasteiger partial charge in [-0.3, -0.25) is 4.79 Å². The molecule has 106 valence electrons. The summed E-state index contributed by atoms with van der Waals surface area (Å²) < 4.78 is 39.9. The Kier molecular flexibility index (Phi) is 3.01. The Labute approximate surface area is 117 Å². The predicted molar refractivity (Wildman–Crippen MR) is 72.3 cm³/mol. The predicted octanol–water partition coefficient (Wildman–Crippen LogP) is 3.40. The van der Waals surface area contributed by atoms with Crippen LogP contribution in [0.2, 0.25) is 0 Å². The molecule has 0 amide bonds. The molecule has 0 unspecified atom stereocenters. The summed E-state index contributed by atoms with van der Waals surface area (Å²) in [5, 5.41) is 4.76. The van der Waals surface area contributed by atoms with Crippen molar-refractivity contribution in [3.8, 4) is 5.69 Å². The van der Waals surface area contributed by atoms with E-state index in [1.54, 1.807) is 24.3 Å². The maximum Gasteiger partial charge on any atom is 0.418 e. The highest BCUT2D eigenvalue weighted by molar-refractivity contribution is 5.80. The molecule has 2 aromatic carbocycles. The van der Waals surface area contributed by atoms with Crippen molar-refractivity contribution in [3.63, 3.8) is 0 Å². The monoisotopic (exact) mass is 290 g/mol. The fourth-order valence-electron chi connectivity index (χ4n) is 2.16. The molecule has 0 aliphatic carbocycles. The second-order valence-corrected chi connectivity index (χ2v) is 4.46. The van der Waals surface area contributed by atoms with Crippen molar-refractivity contribution in [2.24, 2.45) is 0 Å². The number of para-hydroxylation sites is 1. The molecule has 0 bridgehead atoms. The van der Waals surface area contributed by atoms with E-state index >= 15 is 0 Å². The van der Waals surface area contributed by atoms with Crippen molar-refractivity contribution in [2.45, 2.75) is 6.18 Å². The Hall–Kier alpha value is -2.63. The average Bonchev–Trinajstić information content (AvgIpc) is 2.47. The van der Waals surface area contributed by atoms with E-state index < -0.39 is 17.3 Å². The molecule has 21 heavy (non-hydrogen) atoms. The molecule has 0 atom stereocenters. The van der Waals surface area contributed by atoms with Gasteiger partial charge in [-0.25, -0.2) is 0 Å². The van der Waals surface area contributed by atoms with Crippen molar-refractivity contribution in [2.75, 3.05) is 0 Å². The van der Waals surface area contributed by atoms with Gasteiger partial charge in [0.15, 0.2) is 0 Å². The highest BCUT2D eigenvalue weighted by Gasteiger charge is 2.34. The minimum atomic E-state index is -4.55. The molecule has 0 radical (unpaired) electrons. The largest absolute Gasteiger partial charge is 0.418 e. The summed E-state index contributed by atoms with van der Waals surface area (Å²) in [6.07, 6.45) is -3.17. The van der Waals surface area contributed by atoms with Gasteiger partial charge in [0.25, 0.3) is 5.56 Å². The minimum Gasteiger partial charge on any atom is -0.267 e. The molecular formula is C15H9F3N2O. The second kappa shape index (κ2) is 4.73. The first-order valence-electron chi connectivity index (χ1n) is 6.12. The molecule has 0 aliphatic heterocycles. The summed E-state index contributed by atoms with van der Waals surface area (Å²) in [5.41, 5.74) is -1.75. The molecule has 3 aromatic rings. The van der Waals surface area contributed by atoms with Crippen LogP contribution < -0.4 is 5.56 Å². The second-order valence-electron chi connectivity index (χ2n) is 4.46. The molecule has 0 fully saturated rings. The number of fused-ring (bicyclic) bond motifs is 1. The normalized spacial score (nSPS) is 11.8. The van der Waals surface area contributed by atoms with Crippen LogP contribution in [0.4, 0.5) is 13.2 Å². The number of alkyl halides is 3. The average molecular weight is 290 g/mol. The number of rotatable bonds is 1. The molecule has 0 spiro atoms. The summed E-state index contributed by atoms with van der Waals surface area (Å²) in [6, 6.07) is 11.5. The van der Waals surface area contributed by atoms with Crippen molar-refractivity contribution in [3.05, 3.63) is 70.6 Å². The first-order chi connectivity index (χ1) is 9.98. The first kappa shape index (κ1) is 13.4. The Morgan fingerprint density at radius 1 is 0.952 bits per heavy atom. The van der Waals surface area contributed by atoms with Gasteiger partial charge < -0.3 is 0 Å². The van der Waals surface area contributed by atoms with Crippen LogP contribution >= 0.6 is 0 Å². The van der Waals surface area contributed by atoms with Crippen LogP contribution in [0.1, 0.15) is 5.56 Å². The summed E-state index contributed by atoms with van der Waals surface area (Å²) in [5.74, 6) is 0. The van der Waals surface area contributed by atoms with Gasteiger partial charge in [0.1, 0.15) is 0 Å². The fourth-order valence-corrected chi connectivity index (χ4v) is 2.16. The zero-order valence-electron chi connectivity index (χ0n) is 10.6. The third-order valence-electron chi connectivity index (χ3n) is 3.13. The van der Waals surface area contributed by atoms with Crippen molar-refractivity contribution >= 4 is 10.8 Å². The lowest BCUT2D eigenvalue weighted by Crippen LogP contribution is -2.23. The summed E-state index contributed by atoms with van der Waals surface area (Å²) in [4.78, 5) is 12.3. The van der Waals surface area contributed by atoms with Gasteiger partial charge in [-0.15, -0.1) is 0 Å².